The van der Waals surface area contributed by atoms with Gasteiger partial charge < -0.3 is 9.52 Å². The molecule has 60 valence electrons. The van der Waals surface area contributed by atoms with E-state index in [2.05, 4.69) is 6.58 Å². The van der Waals surface area contributed by atoms with Crippen molar-refractivity contribution in [2.75, 3.05) is 0 Å². The zero-order valence-corrected chi connectivity index (χ0v) is 6.58. The van der Waals surface area contributed by atoms with Crippen molar-refractivity contribution < 1.29 is 9.52 Å². The lowest BCUT2D eigenvalue weighted by molar-refractivity contribution is 0.196. The highest BCUT2D eigenvalue weighted by Crippen LogP contribution is 2.19. The minimum atomic E-state index is -0.667. The van der Waals surface area contributed by atoms with Gasteiger partial charge in [-0.1, -0.05) is 13.0 Å². The van der Waals surface area contributed by atoms with E-state index in [1.54, 1.807) is 6.26 Å². The molecule has 0 saturated heterocycles. The molecule has 0 amide bonds. The molecule has 1 rings (SSSR count). The highest BCUT2D eigenvalue weighted by Gasteiger charge is 2.10. The average Bonchev–Trinajstić information content (AvgIpc) is 2.50. The van der Waals surface area contributed by atoms with Gasteiger partial charge in [0.1, 0.15) is 11.9 Å². The Morgan fingerprint density at radius 1 is 1.82 bits per heavy atom. The molecular formula is C9H12O2. The first kappa shape index (κ1) is 8.08. The van der Waals surface area contributed by atoms with Gasteiger partial charge in [0.15, 0.2) is 0 Å². The van der Waals surface area contributed by atoms with E-state index in [9.17, 15) is 5.11 Å². The second-order valence-corrected chi connectivity index (χ2v) is 2.34. The molecule has 0 bridgehead atoms. The first-order valence-corrected chi connectivity index (χ1v) is 3.66. The molecule has 1 unspecified atom stereocenters. The first-order valence-electron chi connectivity index (χ1n) is 3.66. The summed E-state index contributed by atoms with van der Waals surface area (Å²) in [5, 5.41) is 9.32. The first-order chi connectivity index (χ1) is 5.29. The predicted octanol–water partition coefficient (Wildman–Crippen LogP) is 2.06. The average molecular weight is 152 g/mol. The topological polar surface area (TPSA) is 33.4 Å². The van der Waals surface area contributed by atoms with Crippen LogP contribution in [-0.4, -0.2) is 5.11 Å². The SMILES string of the molecule is C=CC(O)c1occc1CC. The van der Waals surface area contributed by atoms with Crippen molar-refractivity contribution in [2.24, 2.45) is 0 Å². The van der Waals surface area contributed by atoms with Crippen molar-refractivity contribution in [3.8, 4) is 0 Å². The van der Waals surface area contributed by atoms with Crippen molar-refractivity contribution >= 4 is 0 Å². The number of aliphatic hydroxyl groups excluding tert-OH is 1. The van der Waals surface area contributed by atoms with Crippen LogP contribution in [0.15, 0.2) is 29.4 Å². The highest BCUT2D eigenvalue weighted by atomic mass is 16.4. The molecule has 1 aromatic rings. The van der Waals surface area contributed by atoms with Gasteiger partial charge in [0.2, 0.25) is 0 Å². The normalized spacial score (nSPS) is 12.9. The van der Waals surface area contributed by atoms with Crippen molar-refractivity contribution in [1.82, 2.24) is 0 Å². The van der Waals surface area contributed by atoms with E-state index >= 15 is 0 Å². The lowest BCUT2D eigenvalue weighted by Crippen LogP contribution is -1.93. The maximum atomic E-state index is 9.32. The van der Waals surface area contributed by atoms with Gasteiger partial charge in [-0.15, -0.1) is 6.58 Å². The predicted molar refractivity (Wildman–Crippen MR) is 43.2 cm³/mol. The van der Waals surface area contributed by atoms with E-state index in [0.717, 1.165) is 12.0 Å². The summed E-state index contributed by atoms with van der Waals surface area (Å²) in [6, 6.07) is 1.86. The van der Waals surface area contributed by atoms with Crippen LogP contribution in [0.3, 0.4) is 0 Å². The van der Waals surface area contributed by atoms with Gasteiger partial charge in [-0.3, -0.25) is 0 Å². The van der Waals surface area contributed by atoms with E-state index in [1.807, 2.05) is 13.0 Å². The minimum absolute atomic E-state index is 0.613. The molecule has 1 N–H and O–H groups in total. The zero-order chi connectivity index (χ0) is 8.27. The van der Waals surface area contributed by atoms with E-state index in [0.29, 0.717) is 5.76 Å². The van der Waals surface area contributed by atoms with E-state index in [1.165, 1.54) is 6.08 Å². The molecule has 1 aromatic heterocycles. The number of aliphatic hydroxyl groups is 1. The molecular weight excluding hydrogens is 140 g/mol. The minimum Gasteiger partial charge on any atom is -0.466 e. The fraction of sp³-hybridized carbons (Fsp3) is 0.333. The van der Waals surface area contributed by atoms with Crippen LogP contribution in [0.25, 0.3) is 0 Å². The van der Waals surface area contributed by atoms with Crippen LogP contribution in [-0.2, 0) is 6.42 Å². The molecule has 2 heteroatoms. The van der Waals surface area contributed by atoms with Gasteiger partial charge in [-0.05, 0) is 18.1 Å². The van der Waals surface area contributed by atoms with Crippen LogP contribution in [0.4, 0.5) is 0 Å². The Morgan fingerprint density at radius 2 is 2.55 bits per heavy atom. The van der Waals surface area contributed by atoms with Crippen LogP contribution in [0.5, 0.6) is 0 Å². The summed E-state index contributed by atoms with van der Waals surface area (Å²) in [5.74, 6) is 0.613. The monoisotopic (exact) mass is 152 g/mol. The summed E-state index contributed by atoms with van der Waals surface area (Å²) < 4.78 is 5.09. The van der Waals surface area contributed by atoms with Crippen molar-refractivity contribution in [1.29, 1.82) is 0 Å². The molecule has 0 aliphatic rings. The summed E-state index contributed by atoms with van der Waals surface area (Å²) in [7, 11) is 0. The molecule has 0 spiro atoms. The number of hydrogen-bond donors (Lipinski definition) is 1. The fourth-order valence-corrected chi connectivity index (χ4v) is 1.01. The molecule has 0 saturated carbocycles. The Hall–Kier alpha value is -1.02. The molecule has 0 aliphatic carbocycles. The van der Waals surface area contributed by atoms with Gasteiger partial charge in [0, 0.05) is 0 Å². The van der Waals surface area contributed by atoms with Crippen LogP contribution in [0.2, 0.25) is 0 Å². The van der Waals surface area contributed by atoms with Crippen molar-refractivity contribution in [3.63, 3.8) is 0 Å². The number of hydrogen-bond acceptors (Lipinski definition) is 2. The quantitative estimate of drug-likeness (QED) is 0.672. The van der Waals surface area contributed by atoms with Crippen LogP contribution >= 0.6 is 0 Å². The van der Waals surface area contributed by atoms with Crippen molar-refractivity contribution in [3.05, 3.63) is 36.3 Å². The molecule has 1 heterocycles. The van der Waals surface area contributed by atoms with E-state index < -0.39 is 6.10 Å². The Kier molecular flexibility index (Phi) is 2.49. The Labute approximate surface area is 66.2 Å². The molecule has 0 aliphatic heterocycles. The second kappa shape index (κ2) is 3.39. The van der Waals surface area contributed by atoms with Crippen molar-refractivity contribution in [2.45, 2.75) is 19.4 Å². The largest absolute Gasteiger partial charge is 0.466 e. The van der Waals surface area contributed by atoms with Gasteiger partial charge in [-0.2, -0.15) is 0 Å². The van der Waals surface area contributed by atoms with E-state index in [-0.39, 0.29) is 0 Å². The second-order valence-electron chi connectivity index (χ2n) is 2.34. The summed E-state index contributed by atoms with van der Waals surface area (Å²) in [6.07, 6.45) is 3.25. The van der Waals surface area contributed by atoms with Crippen LogP contribution < -0.4 is 0 Å². The van der Waals surface area contributed by atoms with Gasteiger partial charge >= 0.3 is 0 Å². The maximum absolute atomic E-state index is 9.32. The summed E-state index contributed by atoms with van der Waals surface area (Å²) in [6.45, 7) is 5.50. The summed E-state index contributed by atoms with van der Waals surface area (Å²) in [5.41, 5.74) is 1.04. The lowest BCUT2D eigenvalue weighted by atomic mass is 10.1. The number of furan rings is 1. The van der Waals surface area contributed by atoms with Gasteiger partial charge in [0.25, 0.3) is 0 Å². The van der Waals surface area contributed by atoms with E-state index in [4.69, 9.17) is 4.42 Å². The fourth-order valence-electron chi connectivity index (χ4n) is 1.01. The Balaban J connectivity index is 2.91. The molecule has 0 fully saturated rings. The summed E-state index contributed by atoms with van der Waals surface area (Å²) >= 11 is 0. The third-order valence-corrected chi connectivity index (χ3v) is 1.65. The van der Waals surface area contributed by atoms with Gasteiger partial charge in [0.05, 0.1) is 6.26 Å². The Morgan fingerprint density at radius 3 is 3.09 bits per heavy atom. The summed E-state index contributed by atoms with van der Waals surface area (Å²) in [4.78, 5) is 0. The van der Waals surface area contributed by atoms with Crippen LogP contribution in [0, 0.1) is 0 Å². The molecule has 1 atom stereocenters. The third-order valence-electron chi connectivity index (χ3n) is 1.65. The highest BCUT2D eigenvalue weighted by molar-refractivity contribution is 5.21. The Bertz CT molecular complexity index is 237. The third kappa shape index (κ3) is 1.52. The number of aryl methyl sites for hydroxylation is 1. The maximum Gasteiger partial charge on any atom is 0.139 e. The van der Waals surface area contributed by atoms with Crippen LogP contribution in [0.1, 0.15) is 24.4 Å². The van der Waals surface area contributed by atoms with Gasteiger partial charge in [-0.25, -0.2) is 0 Å². The lowest BCUT2D eigenvalue weighted by Gasteiger charge is -2.02. The standard InChI is InChI=1S/C9H12O2/c1-3-7-5-6-11-9(7)8(10)4-2/h4-6,8,10H,2-3H2,1H3. The molecule has 0 aromatic carbocycles. The smallest absolute Gasteiger partial charge is 0.139 e. The molecule has 2 nitrogen and oxygen atoms in total. The zero-order valence-electron chi connectivity index (χ0n) is 6.58. The molecule has 11 heavy (non-hydrogen) atoms. The molecule has 0 radical (unpaired) electrons. The number of rotatable bonds is 3.